The number of nitrogens with zero attached hydrogens (tertiary/aromatic N) is 6. The van der Waals surface area contributed by atoms with Crippen molar-refractivity contribution in [2.45, 2.75) is 26.8 Å². The highest BCUT2D eigenvalue weighted by molar-refractivity contribution is 6.29. The van der Waals surface area contributed by atoms with Crippen LogP contribution in [0.4, 0.5) is 5.82 Å². The lowest BCUT2D eigenvalue weighted by Gasteiger charge is -2.16. The molecule has 0 aliphatic carbocycles. The number of pyridine rings is 2. The van der Waals surface area contributed by atoms with Gasteiger partial charge in [-0.15, -0.1) is 0 Å². The summed E-state index contributed by atoms with van der Waals surface area (Å²) in [5.41, 5.74) is 10.6. The molecule has 1 amide bonds. The van der Waals surface area contributed by atoms with Crippen LogP contribution in [0, 0.1) is 13.8 Å². The van der Waals surface area contributed by atoms with Gasteiger partial charge in [-0.3, -0.25) is 14.5 Å². The van der Waals surface area contributed by atoms with E-state index in [0.29, 0.717) is 33.5 Å². The van der Waals surface area contributed by atoms with Gasteiger partial charge in [0.1, 0.15) is 16.5 Å². The van der Waals surface area contributed by atoms with E-state index in [1.54, 1.807) is 30.1 Å². The summed E-state index contributed by atoms with van der Waals surface area (Å²) in [5, 5.41) is 7.63. The Morgan fingerprint density at radius 1 is 1.06 bits per heavy atom. The van der Waals surface area contributed by atoms with Crippen LogP contribution in [-0.4, -0.2) is 35.6 Å². The van der Waals surface area contributed by atoms with E-state index in [0.717, 1.165) is 11.4 Å². The number of aromatic nitrogens is 6. The molecule has 1 atom stereocenters. The van der Waals surface area contributed by atoms with Crippen molar-refractivity contribution in [2.75, 3.05) is 5.73 Å². The van der Waals surface area contributed by atoms with Crippen molar-refractivity contribution >= 4 is 23.3 Å². The number of nitrogens with one attached hydrogen (secondary N) is 1. The zero-order valence-corrected chi connectivity index (χ0v) is 19.4. The maximum absolute atomic E-state index is 13.1. The highest BCUT2D eigenvalue weighted by atomic mass is 35.5. The third-order valence-corrected chi connectivity index (χ3v) is 5.18. The second kappa shape index (κ2) is 8.95. The smallest absolute Gasteiger partial charge is 0.274 e. The molecule has 0 fully saturated rings. The SMILES string of the molecule is Cc1cc(-c2nc(C(=O)NC(C)c3cccc(C)n3)c(N)nc2-c2ccn(C)n2)cc(Cl)n1. The lowest BCUT2D eigenvalue weighted by Crippen LogP contribution is -2.29. The standard InChI is InChI=1S/C23H23ClN8O/c1-12-6-5-7-16(26-12)14(3)28-23(33)21-22(25)30-20(17-8-9-32(4)31-17)19(29-21)15-10-13(2)27-18(24)11-15/h5-11,14H,1-4H3,(H2,25,30)(H,28,33). The zero-order valence-electron chi connectivity index (χ0n) is 18.7. The van der Waals surface area contributed by atoms with E-state index in [9.17, 15) is 4.79 Å². The van der Waals surface area contributed by atoms with Crippen LogP contribution in [-0.2, 0) is 7.05 Å². The molecule has 0 radical (unpaired) electrons. The van der Waals surface area contributed by atoms with E-state index >= 15 is 0 Å². The fourth-order valence-corrected chi connectivity index (χ4v) is 3.70. The van der Waals surface area contributed by atoms with Gasteiger partial charge in [0.05, 0.1) is 17.4 Å². The van der Waals surface area contributed by atoms with E-state index in [1.165, 1.54) is 0 Å². The summed E-state index contributed by atoms with van der Waals surface area (Å²) >= 11 is 6.20. The first-order chi connectivity index (χ1) is 15.7. The van der Waals surface area contributed by atoms with E-state index in [4.69, 9.17) is 17.3 Å². The molecule has 3 N–H and O–H groups in total. The molecule has 4 aromatic heterocycles. The van der Waals surface area contributed by atoms with Gasteiger partial charge in [0.2, 0.25) is 0 Å². The predicted octanol–water partition coefficient (Wildman–Crippen LogP) is 3.68. The van der Waals surface area contributed by atoms with Crippen LogP contribution in [0.3, 0.4) is 0 Å². The lowest BCUT2D eigenvalue weighted by molar-refractivity contribution is 0.0935. The van der Waals surface area contributed by atoms with Gasteiger partial charge < -0.3 is 11.1 Å². The van der Waals surface area contributed by atoms with Gasteiger partial charge in [-0.1, -0.05) is 17.7 Å². The summed E-state index contributed by atoms with van der Waals surface area (Å²) in [6, 6.07) is 10.6. The van der Waals surface area contributed by atoms with Gasteiger partial charge in [0, 0.05) is 30.2 Å². The number of anilines is 1. The Morgan fingerprint density at radius 3 is 2.52 bits per heavy atom. The first kappa shape index (κ1) is 22.3. The Labute approximate surface area is 196 Å². The normalized spacial score (nSPS) is 11.9. The highest BCUT2D eigenvalue weighted by Gasteiger charge is 2.23. The maximum Gasteiger partial charge on any atom is 0.274 e. The van der Waals surface area contributed by atoms with Crippen LogP contribution in [0.5, 0.6) is 0 Å². The molecule has 4 heterocycles. The third kappa shape index (κ3) is 4.83. The third-order valence-electron chi connectivity index (χ3n) is 4.99. The maximum atomic E-state index is 13.1. The van der Waals surface area contributed by atoms with E-state index in [2.05, 4.69) is 30.4 Å². The fourth-order valence-electron chi connectivity index (χ4n) is 3.45. The molecule has 9 nitrogen and oxygen atoms in total. The number of aryl methyl sites for hydroxylation is 3. The Bertz CT molecular complexity index is 1330. The zero-order chi connectivity index (χ0) is 23.7. The molecule has 0 aromatic carbocycles. The van der Waals surface area contributed by atoms with Crippen molar-refractivity contribution < 1.29 is 4.79 Å². The molecule has 33 heavy (non-hydrogen) atoms. The Hall–Kier alpha value is -3.85. The molecule has 0 bridgehead atoms. The van der Waals surface area contributed by atoms with Gasteiger partial charge in [0.25, 0.3) is 5.91 Å². The van der Waals surface area contributed by atoms with Crippen molar-refractivity contribution in [1.82, 2.24) is 35.0 Å². The lowest BCUT2D eigenvalue weighted by atomic mass is 10.1. The number of hydrogen-bond acceptors (Lipinski definition) is 7. The number of hydrogen-bond donors (Lipinski definition) is 2. The number of amides is 1. The van der Waals surface area contributed by atoms with Crippen molar-refractivity contribution in [2.24, 2.45) is 7.05 Å². The van der Waals surface area contributed by atoms with E-state index < -0.39 is 5.91 Å². The van der Waals surface area contributed by atoms with Crippen molar-refractivity contribution in [3.8, 4) is 22.6 Å². The number of nitrogen functional groups attached to an aromatic ring is 1. The van der Waals surface area contributed by atoms with Crippen LogP contribution in [0.25, 0.3) is 22.6 Å². The van der Waals surface area contributed by atoms with Gasteiger partial charge in [0.15, 0.2) is 11.5 Å². The number of halogens is 1. The van der Waals surface area contributed by atoms with Crippen LogP contribution >= 0.6 is 11.6 Å². The first-order valence-electron chi connectivity index (χ1n) is 10.3. The molecule has 0 saturated heterocycles. The molecule has 10 heteroatoms. The second-order valence-electron chi connectivity index (χ2n) is 7.75. The van der Waals surface area contributed by atoms with Crippen LogP contribution in [0.1, 0.15) is 40.5 Å². The van der Waals surface area contributed by atoms with Crippen LogP contribution in [0.2, 0.25) is 5.15 Å². The summed E-state index contributed by atoms with van der Waals surface area (Å²) in [4.78, 5) is 30.9. The van der Waals surface area contributed by atoms with Gasteiger partial charge >= 0.3 is 0 Å². The average Bonchev–Trinajstić information content (AvgIpc) is 3.18. The average molecular weight is 463 g/mol. The van der Waals surface area contributed by atoms with Crippen LogP contribution in [0.15, 0.2) is 42.6 Å². The number of carbonyl (C=O) groups is 1. The summed E-state index contributed by atoms with van der Waals surface area (Å²) in [7, 11) is 1.80. The second-order valence-corrected chi connectivity index (χ2v) is 8.14. The number of rotatable bonds is 5. The molecular formula is C23H23ClN8O. The molecule has 0 aliphatic heterocycles. The molecule has 4 aromatic rings. The minimum absolute atomic E-state index is 0.00169. The molecule has 168 valence electrons. The Kier molecular flexibility index (Phi) is 6.06. The molecular weight excluding hydrogens is 440 g/mol. The Balaban J connectivity index is 1.78. The summed E-state index contributed by atoms with van der Waals surface area (Å²) in [6.07, 6.45) is 1.79. The summed E-state index contributed by atoms with van der Waals surface area (Å²) in [5.74, 6) is -0.459. The fraction of sp³-hybridized carbons (Fsp3) is 0.217. The molecule has 0 aliphatic rings. The Morgan fingerprint density at radius 2 is 1.85 bits per heavy atom. The topological polar surface area (TPSA) is 124 Å². The van der Waals surface area contributed by atoms with Gasteiger partial charge in [-0.2, -0.15) is 5.10 Å². The number of carbonyl (C=O) groups excluding carboxylic acids is 1. The van der Waals surface area contributed by atoms with Gasteiger partial charge in [-0.25, -0.2) is 15.0 Å². The summed E-state index contributed by atoms with van der Waals surface area (Å²) < 4.78 is 1.65. The highest BCUT2D eigenvalue weighted by Crippen LogP contribution is 2.31. The van der Waals surface area contributed by atoms with Crippen molar-refractivity contribution in [1.29, 1.82) is 0 Å². The minimum atomic E-state index is -0.457. The van der Waals surface area contributed by atoms with E-state index in [1.807, 2.05) is 45.0 Å². The predicted molar refractivity (Wildman–Crippen MR) is 126 cm³/mol. The minimum Gasteiger partial charge on any atom is -0.382 e. The monoisotopic (exact) mass is 462 g/mol. The van der Waals surface area contributed by atoms with Crippen molar-refractivity contribution in [3.05, 3.63) is 70.5 Å². The largest absolute Gasteiger partial charge is 0.382 e. The molecule has 0 spiro atoms. The number of nitrogens with two attached hydrogens (primary N) is 1. The summed E-state index contributed by atoms with van der Waals surface area (Å²) in [6.45, 7) is 5.56. The van der Waals surface area contributed by atoms with Crippen molar-refractivity contribution in [3.63, 3.8) is 0 Å². The quantitative estimate of drug-likeness (QED) is 0.433. The van der Waals surface area contributed by atoms with Crippen LogP contribution < -0.4 is 11.1 Å². The molecule has 1 unspecified atom stereocenters. The molecule has 0 saturated carbocycles. The van der Waals surface area contributed by atoms with Gasteiger partial charge in [-0.05, 0) is 51.1 Å². The first-order valence-corrected chi connectivity index (χ1v) is 10.7. The molecule has 4 rings (SSSR count). The van der Waals surface area contributed by atoms with E-state index in [-0.39, 0.29) is 17.6 Å².